The van der Waals surface area contributed by atoms with Gasteiger partial charge in [-0.1, -0.05) is 66.0 Å². The summed E-state index contributed by atoms with van der Waals surface area (Å²) in [6, 6.07) is 7.83. The molecule has 0 N–H and O–H groups in total. The van der Waals surface area contributed by atoms with Gasteiger partial charge in [0, 0.05) is 23.5 Å². The molecular formula is C26H38N2S. The van der Waals surface area contributed by atoms with E-state index in [1.807, 2.05) is 11.3 Å². The van der Waals surface area contributed by atoms with Crippen molar-refractivity contribution in [2.45, 2.75) is 103 Å². The van der Waals surface area contributed by atoms with Crippen LogP contribution < -0.4 is 4.90 Å². The normalized spacial score (nSPS) is 22.7. The average Bonchev–Trinajstić information content (AvgIpc) is 3.35. The van der Waals surface area contributed by atoms with Crippen molar-refractivity contribution in [1.82, 2.24) is 4.98 Å². The van der Waals surface area contributed by atoms with E-state index in [1.165, 1.54) is 79.7 Å². The maximum atomic E-state index is 5.12. The van der Waals surface area contributed by atoms with E-state index in [4.69, 9.17) is 4.98 Å². The van der Waals surface area contributed by atoms with Crippen molar-refractivity contribution in [3.63, 3.8) is 0 Å². The SMILES string of the molecule is CCCCCC1CCCN1c1nc(-c2ccc3c(c2)C(C)(C)CCC3(C)C)cs1. The van der Waals surface area contributed by atoms with Gasteiger partial charge in [-0.05, 0) is 60.1 Å². The number of hydrogen-bond acceptors (Lipinski definition) is 3. The second-order valence-electron chi connectivity index (χ2n) is 10.5. The number of hydrogen-bond donors (Lipinski definition) is 0. The fourth-order valence-electron chi connectivity index (χ4n) is 5.29. The Balaban J connectivity index is 1.59. The van der Waals surface area contributed by atoms with E-state index >= 15 is 0 Å². The zero-order chi connectivity index (χ0) is 20.6. The molecule has 2 aromatic rings. The minimum absolute atomic E-state index is 0.249. The summed E-state index contributed by atoms with van der Waals surface area (Å²) in [5.74, 6) is 0. The van der Waals surface area contributed by atoms with E-state index in [2.05, 4.69) is 63.1 Å². The zero-order valence-corrected chi connectivity index (χ0v) is 19.9. The Morgan fingerprint density at radius 3 is 2.59 bits per heavy atom. The van der Waals surface area contributed by atoms with Gasteiger partial charge in [0.1, 0.15) is 0 Å². The molecular weight excluding hydrogens is 372 g/mol. The number of aromatic nitrogens is 1. The predicted octanol–water partition coefficient (Wildman–Crippen LogP) is 7.71. The monoisotopic (exact) mass is 410 g/mol. The second-order valence-corrected chi connectivity index (χ2v) is 11.4. The first-order valence-electron chi connectivity index (χ1n) is 11.7. The topological polar surface area (TPSA) is 16.1 Å². The van der Waals surface area contributed by atoms with Gasteiger partial charge in [-0.2, -0.15) is 0 Å². The molecule has 2 nitrogen and oxygen atoms in total. The number of benzene rings is 1. The molecule has 158 valence electrons. The first-order valence-corrected chi connectivity index (χ1v) is 12.6. The summed E-state index contributed by atoms with van der Waals surface area (Å²) in [5, 5.41) is 3.51. The highest BCUT2D eigenvalue weighted by Gasteiger charge is 2.37. The molecule has 2 aliphatic rings. The Labute approximate surface area is 181 Å². The molecule has 3 heteroatoms. The maximum absolute atomic E-state index is 5.12. The highest BCUT2D eigenvalue weighted by atomic mass is 32.1. The molecule has 0 amide bonds. The van der Waals surface area contributed by atoms with Crippen LogP contribution in [0.2, 0.25) is 0 Å². The van der Waals surface area contributed by atoms with E-state index in [9.17, 15) is 0 Å². The van der Waals surface area contributed by atoms with Crippen LogP contribution in [0.15, 0.2) is 23.6 Å². The van der Waals surface area contributed by atoms with Crippen molar-refractivity contribution < 1.29 is 0 Å². The van der Waals surface area contributed by atoms with Crippen LogP contribution in [0.4, 0.5) is 5.13 Å². The van der Waals surface area contributed by atoms with Gasteiger partial charge in [-0.15, -0.1) is 11.3 Å². The summed E-state index contributed by atoms with van der Waals surface area (Å²) in [6.07, 6.45) is 10.5. The molecule has 0 spiro atoms. The summed E-state index contributed by atoms with van der Waals surface area (Å²) in [5.41, 5.74) is 6.03. The van der Waals surface area contributed by atoms with Gasteiger partial charge in [-0.25, -0.2) is 4.98 Å². The number of anilines is 1. The van der Waals surface area contributed by atoms with E-state index < -0.39 is 0 Å². The van der Waals surface area contributed by atoms with Crippen LogP contribution in [0.1, 0.15) is 97.1 Å². The third kappa shape index (κ3) is 4.13. The van der Waals surface area contributed by atoms with Crippen LogP contribution in [0, 0.1) is 0 Å². The van der Waals surface area contributed by atoms with Crippen molar-refractivity contribution in [2.75, 3.05) is 11.4 Å². The Morgan fingerprint density at radius 2 is 1.83 bits per heavy atom. The smallest absolute Gasteiger partial charge is 0.186 e. The Morgan fingerprint density at radius 1 is 1.07 bits per heavy atom. The van der Waals surface area contributed by atoms with Gasteiger partial charge in [0.2, 0.25) is 0 Å². The number of nitrogens with zero attached hydrogens (tertiary/aromatic N) is 2. The molecule has 1 aromatic carbocycles. The van der Waals surface area contributed by atoms with Crippen LogP contribution >= 0.6 is 11.3 Å². The Bertz CT molecular complexity index is 848. The lowest BCUT2D eigenvalue weighted by Crippen LogP contribution is -2.33. The number of thiazole rings is 1. The van der Waals surface area contributed by atoms with Crippen LogP contribution in [0.25, 0.3) is 11.3 Å². The summed E-state index contributed by atoms with van der Waals surface area (Å²) in [6.45, 7) is 13.1. The van der Waals surface area contributed by atoms with Crippen molar-refractivity contribution in [3.8, 4) is 11.3 Å². The second kappa shape index (κ2) is 8.06. The minimum Gasteiger partial charge on any atom is -0.345 e. The Hall–Kier alpha value is -1.35. The lowest BCUT2D eigenvalue weighted by Gasteiger charge is -2.42. The van der Waals surface area contributed by atoms with Crippen molar-refractivity contribution in [2.24, 2.45) is 0 Å². The van der Waals surface area contributed by atoms with E-state index in [1.54, 1.807) is 0 Å². The van der Waals surface area contributed by atoms with Crippen molar-refractivity contribution >= 4 is 16.5 Å². The largest absolute Gasteiger partial charge is 0.345 e. The van der Waals surface area contributed by atoms with Crippen LogP contribution in [-0.2, 0) is 10.8 Å². The first kappa shape index (κ1) is 20.9. The number of fused-ring (bicyclic) bond motifs is 1. The average molecular weight is 411 g/mol. The quantitative estimate of drug-likeness (QED) is 0.453. The lowest BCUT2D eigenvalue weighted by atomic mass is 9.63. The number of rotatable bonds is 6. The summed E-state index contributed by atoms with van der Waals surface area (Å²) < 4.78 is 0. The molecule has 0 saturated carbocycles. The van der Waals surface area contributed by atoms with Crippen molar-refractivity contribution in [3.05, 3.63) is 34.7 Å². The van der Waals surface area contributed by atoms with E-state index in [0.717, 1.165) is 5.69 Å². The zero-order valence-electron chi connectivity index (χ0n) is 19.1. The van der Waals surface area contributed by atoms with Gasteiger partial charge in [0.25, 0.3) is 0 Å². The molecule has 4 rings (SSSR count). The van der Waals surface area contributed by atoms with Crippen LogP contribution in [0.3, 0.4) is 0 Å². The fraction of sp³-hybridized carbons (Fsp3) is 0.654. The van der Waals surface area contributed by atoms with Gasteiger partial charge in [0.15, 0.2) is 5.13 Å². The van der Waals surface area contributed by atoms with Gasteiger partial charge in [0.05, 0.1) is 5.69 Å². The highest BCUT2D eigenvalue weighted by molar-refractivity contribution is 7.14. The molecule has 0 bridgehead atoms. The molecule has 1 fully saturated rings. The molecule has 1 atom stereocenters. The summed E-state index contributed by atoms with van der Waals surface area (Å²) in [7, 11) is 0. The first-order chi connectivity index (χ1) is 13.8. The number of unbranched alkanes of at least 4 members (excludes halogenated alkanes) is 2. The van der Waals surface area contributed by atoms with E-state index in [0.29, 0.717) is 6.04 Å². The summed E-state index contributed by atoms with van der Waals surface area (Å²) in [4.78, 5) is 7.71. The molecule has 1 aromatic heterocycles. The molecule has 1 saturated heterocycles. The fourth-order valence-corrected chi connectivity index (χ4v) is 6.23. The third-order valence-corrected chi connectivity index (χ3v) is 8.28. The molecule has 2 heterocycles. The molecule has 0 radical (unpaired) electrons. The third-order valence-electron chi connectivity index (χ3n) is 7.40. The predicted molar refractivity (Wildman–Crippen MR) is 127 cm³/mol. The standard InChI is InChI=1S/C26H38N2S/c1-6-7-8-10-20-11-9-16-28(20)24-27-23(18-29-24)19-12-13-21-22(17-19)26(4,5)15-14-25(21,2)3/h12-13,17-18,20H,6-11,14-16H2,1-5H3. The maximum Gasteiger partial charge on any atom is 0.186 e. The van der Waals surface area contributed by atoms with Crippen LogP contribution in [0.5, 0.6) is 0 Å². The molecule has 1 aliphatic heterocycles. The van der Waals surface area contributed by atoms with Gasteiger partial charge < -0.3 is 4.90 Å². The molecule has 1 unspecified atom stereocenters. The molecule has 29 heavy (non-hydrogen) atoms. The minimum atomic E-state index is 0.249. The lowest BCUT2D eigenvalue weighted by molar-refractivity contribution is 0.332. The van der Waals surface area contributed by atoms with Gasteiger partial charge in [-0.3, -0.25) is 0 Å². The van der Waals surface area contributed by atoms with Gasteiger partial charge >= 0.3 is 0 Å². The van der Waals surface area contributed by atoms with Crippen LogP contribution in [-0.4, -0.2) is 17.6 Å². The molecule has 1 aliphatic carbocycles. The summed E-state index contributed by atoms with van der Waals surface area (Å²) >= 11 is 1.84. The van der Waals surface area contributed by atoms with E-state index in [-0.39, 0.29) is 10.8 Å². The van der Waals surface area contributed by atoms with Crippen molar-refractivity contribution in [1.29, 1.82) is 0 Å². The highest BCUT2D eigenvalue weighted by Crippen LogP contribution is 2.47. The Kier molecular flexibility index (Phi) is 5.81.